The van der Waals surface area contributed by atoms with E-state index in [2.05, 4.69) is 22.5 Å². The highest BCUT2D eigenvalue weighted by Gasteiger charge is 2.13. The summed E-state index contributed by atoms with van der Waals surface area (Å²) >= 11 is 1.73. The second kappa shape index (κ2) is 4.07. The first-order valence-corrected chi connectivity index (χ1v) is 5.53. The lowest BCUT2D eigenvalue weighted by Crippen LogP contribution is -2.16. The lowest BCUT2D eigenvalue weighted by atomic mass is 10.1. The van der Waals surface area contributed by atoms with Gasteiger partial charge in [-0.15, -0.1) is 11.3 Å². The third-order valence-electron chi connectivity index (χ3n) is 2.33. The molecule has 1 unspecified atom stereocenters. The molecule has 2 heterocycles. The smallest absolute Gasteiger partial charge is 0.182 e. The lowest BCUT2D eigenvalue weighted by Gasteiger charge is -2.07. The second-order valence-electron chi connectivity index (χ2n) is 3.52. The SMILES string of the molecule is Cc1cnc(NCC2CCNC2)s1. The topological polar surface area (TPSA) is 37.0 Å². The number of thiazole rings is 1. The van der Waals surface area contributed by atoms with Gasteiger partial charge in [-0.2, -0.15) is 0 Å². The van der Waals surface area contributed by atoms with Crippen LogP contribution in [0.15, 0.2) is 6.20 Å². The molecule has 2 rings (SSSR count). The van der Waals surface area contributed by atoms with E-state index in [1.165, 1.54) is 17.8 Å². The van der Waals surface area contributed by atoms with Crippen molar-refractivity contribution in [3.8, 4) is 0 Å². The molecule has 1 aliphatic heterocycles. The Balaban J connectivity index is 1.78. The van der Waals surface area contributed by atoms with Crippen molar-refractivity contribution in [2.24, 2.45) is 5.92 Å². The van der Waals surface area contributed by atoms with Gasteiger partial charge in [0.2, 0.25) is 0 Å². The van der Waals surface area contributed by atoms with Crippen LogP contribution in [-0.4, -0.2) is 24.6 Å². The summed E-state index contributed by atoms with van der Waals surface area (Å²) < 4.78 is 0. The fourth-order valence-electron chi connectivity index (χ4n) is 1.56. The third-order valence-corrected chi connectivity index (χ3v) is 3.20. The summed E-state index contributed by atoms with van der Waals surface area (Å²) in [6.45, 7) is 5.46. The van der Waals surface area contributed by atoms with E-state index < -0.39 is 0 Å². The average Bonchev–Trinajstić information content (AvgIpc) is 2.71. The second-order valence-corrected chi connectivity index (χ2v) is 4.75. The molecule has 0 aliphatic carbocycles. The van der Waals surface area contributed by atoms with Crippen molar-refractivity contribution in [3.05, 3.63) is 11.1 Å². The van der Waals surface area contributed by atoms with E-state index in [1.807, 2.05) is 6.20 Å². The summed E-state index contributed by atoms with van der Waals surface area (Å²) in [5.74, 6) is 0.782. The molecule has 1 aromatic rings. The summed E-state index contributed by atoms with van der Waals surface area (Å²) in [7, 11) is 0. The largest absolute Gasteiger partial charge is 0.361 e. The van der Waals surface area contributed by atoms with Gasteiger partial charge >= 0.3 is 0 Å². The Kier molecular flexibility index (Phi) is 2.80. The van der Waals surface area contributed by atoms with Gasteiger partial charge in [0.05, 0.1) is 0 Å². The zero-order chi connectivity index (χ0) is 9.10. The lowest BCUT2D eigenvalue weighted by molar-refractivity contribution is 0.615. The molecule has 2 N–H and O–H groups in total. The van der Waals surface area contributed by atoms with Gasteiger partial charge in [0.25, 0.3) is 0 Å². The summed E-state index contributed by atoms with van der Waals surface area (Å²) in [6, 6.07) is 0. The molecule has 3 nitrogen and oxygen atoms in total. The predicted octanol–water partition coefficient (Wildman–Crippen LogP) is 1.47. The standard InChI is InChI=1S/C9H15N3S/c1-7-4-11-9(13-7)12-6-8-2-3-10-5-8/h4,8,10H,2-3,5-6H2,1H3,(H,11,12). The molecule has 1 aromatic heterocycles. The van der Waals surface area contributed by atoms with E-state index in [0.29, 0.717) is 0 Å². The van der Waals surface area contributed by atoms with Crippen molar-refractivity contribution in [3.63, 3.8) is 0 Å². The number of nitrogens with zero attached hydrogens (tertiary/aromatic N) is 1. The predicted molar refractivity (Wildman–Crippen MR) is 56.3 cm³/mol. The Bertz CT molecular complexity index is 266. The van der Waals surface area contributed by atoms with Crippen LogP contribution >= 0.6 is 11.3 Å². The summed E-state index contributed by atoms with van der Waals surface area (Å²) in [6.07, 6.45) is 3.21. The van der Waals surface area contributed by atoms with E-state index in [0.717, 1.165) is 24.1 Å². The van der Waals surface area contributed by atoms with Gasteiger partial charge in [0.1, 0.15) is 0 Å². The number of aromatic nitrogens is 1. The maximum Gasteiger partial charge on any atom is 0.182 e. The van der Waals surface area contributed by atoms with Gasteiger partial charge in [0, 0.05) is 17.6 Å². The molecule has 1 atom stereocenters. The highest BCUT2D eigenvalue weighted by molar-refractivity contribution is 7.15. The van der Waals surface area contributed by atoms with Crippen molar-refractivity contribution in [2.45, 2.75) is 13.3 Å². The number of hydrogen-bond acceptors (Lipinski definition) is 4. The summed E-state index contributed by atoms with van der Waals surface area (Å²) in [4.78, 5) is 5.53. The molecule has 1 aliphatic rings. The number of rotatable bonds is 3. The third kappa shape index (κ3) is 2.42. The number of hydrogen-bond donors (Lipinski definition) is 2. The molecule has 72 valence electrons. The minimum absolute atomic E-state index is 0.782. The maximum absolute atomic E-state index is 4.26. The minimum Gasteiger partial charge on any atom is -0.361 e. The number of aryl methyl sites for hydroxylation is 1. The molecule has 0 spiro atoms. The van der Waals surface area contributed by atoms with E-state index in [1.54, 1.807) is 11.3 Å². The van der Waals surface area contributed by atoms with Crippen LogP contribution in [0.1, 0.15) is 11.3 Å². The Labute approximate surface area is 82.6 Å². The Morgan fingerprint density at radius 1 is 1.77 bits per heavy atom. The molecule has 0 aromatic carbocycles. The zero-order valence-corrected chi connectivity index (χ0v) is 8.66. The molecule has 0 amide bonds. The number of nitrogens with one attached hydrogen (secondary N) is 2. The van der Waals surface area contributed by atoms with Gasteiger partial charge < -0.3 is 10.6 Å². The average molecular weight is 197 g/mol. The maximum atomic E-state index is 4.26. The Morgan fingerprint density at radius 2 is 2.69 bits per heavy atom. The molecule has 0 saturated carbocycles. The zero-order valence-electron chi connectivity index (χ0n) is 7.84. The van der Waals surface area contributed by atoms with E-state index in [-0.39, 0.29) is 0 Å². The van der Waals surface area contributed by atoms with Crippen LogP contribution in [0.4, 0.5) is 5.13 Å². The van der Waals surface area contributed by atoms with E-state index in [4.69, 9.17) is 0 Å². The normalized spacial score (nSPS) is 22.1. The monoisotopic (exact) mass is 197 g/mol. The molecule has 0 bridgehead atoms. The van der Waals surface area contributed by atoms with Crippen LogP contribution in [-0.2, 0) is 0 Å². The van der Waals surface area contributed by atoms with Crippen molar-refractivity contribution in [1.82, 2.24) is 10.3 Å². The van der Waals surface area contributed by atoms with Crippen LogP contribution in [0, 0.1) is 12.8 Å². The summed E-state index contributed by atoms with van der Waals surface area (Å²) in [5.41, 5.74) is 0. The fraction of sp³-hybridized carbons (Fsp3) is 0.667. The van der Waals surface area contributed by atoms with Crippen molar-refractivity contribution >= 4 is 16.5 Å². The highest BCUT2D eigenvalue weighted by atomic mass is 32.1. The minimum atomic E-state index is 0.782. The molecule has 1 fully saturated rings. The van der Waals surface area contributed by atoms with Gasteiger partial charge in [-0.3, -0.25) is 0 Å². The molecular weight excluding hydrogens is 182 g/mol. The quantitative estimate of drug-likeness (QED) is 0.770. The van der Waals surface area contributed by atoms with Crippen molar-refractivity contribution < 1.29 is 0 Å². The van der Waals surface area contributed by atoms with Gasteiger partial charge in [-0.05, 0) is 32.4 Å². The molecule has 1 saturated heterocycles. The molecule has 13 heavy (non-hydrogen) atoms. The molecule has 0 radical (unpaired) electrons. The van der Waals surface area contributed by atoms with E-state index in [9.17, 15) is 0 Å². The van der Waals surface area contributed by atoms with Crippen LogP contribution in [0.3, 0.4) is 0 Å². The van der Waals surface area contributed by atoms with Gasteiger partial charge in [-0.1, -0.05) is 0 Å². The Hall–Kier alpha value is -0.610. The van der Waals surface area contributed by atoms with Crippen LogP contribution in [0.25, 0.3) is 0 Å². The summed E-state index contributed by atoms with van der Waals surface area (Å²) in [5, 5.41) is 7.79. The first kappa shape index (κ1) is 8.97. The van der Waals surface area contributed by atoms with Gasteiger partial charge in [0.15, 0.2) is 5.13 Å². The first-order valence-electron chi connectivity index (χ1n) is 4.71. The first-order chi connectivity index (χ1) is 6.34. The van der Waals surface area contributed by atoms with Crippen molar-refractivity contribution in [1.29, 1.82) is 0 Å². The highest BCUT2D eigenvalue weighted by Crippen LogP contribution is 2.17. The van der Waals surface area contributed by atoms with Crippen LogP contribution in [0.2, 0.25) is 0 Å². The molecule has 4 heteroatoms. The van der Waals surface area contributed by atoms with Crippen LogP contribution < -0.4 is 10.6 Å². The van der Waals surface area contributed by atoms with Crippen molar-refractivity contribution in [2.75, 3.05) is 25.0 Å². The number of anilines is 1. The van der Waals surface area contributed by atoms with Gasteiger partial charge in [-0.25, -0.2) is 4.98 Å². The fourth-order valence-corrected chi connectivity index (χ4v) is 2.23. The van der Waals surface area contributed by atoms with Crippen LogP contribution in [0.5, 0.6) is 0 Å². The van der Waals surface area contributed by atoms with E-state index >= 15 is 0 Å². The Morgan fingerprint density at radius 3 is 3.31 bits per heavy atom. The molecular formula is C9H15N3S.